The molecule has 2 aliphatic rings. The van der Waals surface area contributed by atoms with Gasteiger partial charge in [-0.2, -0.15) is 4.98 Å². The van der Waals surface area contributed by atoms with Gasteiger partial charge < -0.3 is 18.6 Å². The minimum atomic E-state index is -0.515. The largest absolute Gasteiger partial charge is 0.379 e. The van der Waals surface area contributed by atoms with Crippen LogP contribution >= 0.6 is 11.6 Å². The lowest BCUT2D eigenvalue weighted by molar-refractivity contribution is 0.0364. The van der Waals surface area contributed by atoms with Gasteiger partial charge in [-0.1, -0.05) is 22.8 Å². The number of fused-ring (bicyclic) bond motifs is 3. The molecule has 172 valence electrons. The Labute approximate surface area is 193 Å². The highest BCUT2D eigenvalue weighted by Gasteiger charge is 2.50. The van der Waals surface area contributed by atoms with Crippen LogP contribution in [0.15, 0.2) is 33.8 Å². The van der Waals surface area contributed by atoms with Gasteiger partial charge in [0.25, 0.3) is 11.4 Å². The average Bonchev–Trinajstić information content (AvgIpc) is 3.26. The lowest BCUT2D eigenvalue weighted by atomic mass is 10.2. The second kappa shape index (κ2) is 7.91. The molecule has 6 rings (SSSR count). The van der Waals surface area contributed by atoms with Gasteiger partial charge >= 0.3 is 0 Å². The fourth-order valence-corrected chi connectivity index (χ4v) is 4.77. The van der Waals surface area contributed by atoms with Gasteiger partial charge in [-0.25, -0.2) is 4.98 Å². The number of ether oxygens (including phenoxy) is 2. The molecule has 1 saturated carbocycles. The Morgan fingerprint density at radius 1 is 1.18 bits per heavy atom. The average molecular weight is 471 g/mol. The first kappa shape index (κ1) is 20.8. The summed E-state index contributed by atoms with van der Waals surface area (Å²) in [5, 5.41) is 4.63. The van der Waals surface area contributed by atoms with Crippen molar-refractivity contribution in [3.63, 3.8) is 0 Å². The Bertz CT molecular complexity index is 1400. The number of imidazole rings is 1. The highest BCUT2D eigenvalue weighted by atomic mass is 35.5. The molecule has 0 bridgehead atoms. The SMILES string of the molecule is COC1(c2nc(-c3ncn4c3c(=O)n(CCN3CCOCC3)c3c(Cl)cccc34)no2)CC1. The lowest BCUT2D eigenvalue weighted by Gasteiger charge is -2.27. The van der Waals surface area contributed by atoms with Gasteiger partial charge in [0.15, 0.2) is 0 Å². The van der Waals surface area contributed by atoms with E-state index in [1.165, 1.54) is 0 Å². The molecule has 0 spiro atoms. The summed E-state index contributed by atoms with van der Waals surface area (Å²) in [7, 11) is 1.63. The van der Waals surface area contributed by atoms with Crippen LogP contribution in [0.2, 0.25) is 5.02 Å². The second-order valence-electron chi connectivity index (χ2n) is 8.45. The predicted octanol–water partition coefficient (Wildman–Crippen LogP) is 2.32. The van der Waals surface area contributed by atoms with E-state index in [4.69, 9.17) is 25.6 Å². The first-order valence-corrected chi connectivity index (χ1v) is 11.4. The molecule has 0 atom stereocenters. The minimum Gasteiger partial charge on any atom is -0.379 e. The Kier molecular flexibility index (Phi) is 4.98. The van der Waals surface area contributed by atoms with Crippen LogP contribution in [0.3, 0.4) is 0 Å². The van der Waals surface area contributed by atoms with Crippen molar-refractivity contribution in [1.29, 1.82) is 0 Å². The summed E-state index contributed by atoms with van der Waals surface area (Å²) in [5.74, 6) is 0.687. The van der Waals surface area contributed by atoms with Crippen LogP contribution in [-0.4, -0.2) is 69.0 Å². The first-order valence-electron chi connectivity index (χ1n) is 11.0. The van der Waals surface area contributed by atoms with Gasteiger partial charge in [-0.15, -0.1) is 0 Å². The van der Waals surface area contributed by atoms with Crippen molar-refractivity contribution in [3.05, 3.63) is 45.8 Å². The van der Waals surface area contributed by atoms with Gasteiger partial charge in [-0.3, -0.25) is 14.1 Å². The van der Waals surface area contributed by atoms with E-state index in [1.54, 1.807) is 28.5 Å². The molecule has 4 aromatic rings. The number of para-hydroxylation sites is 1. The third-order valence-corrected chi connectivity index (χ3v) is 6.88. The fraction of sp³-hybridized carbons (Fsp3) is 0.455. The number of hydrogen-bond acceptors (Lipinski definition) is 8. The molecule has 0 N–H and O–H groups in total. The van der Waals surface area contributed by atoms with Crippen LogP contribution in [0.25, 0.3) is 28.1 Å². The number of halogens is 1. The monoisotopic (exact) mass is 470 g/mol. The zero-order valence-electron chi connectivity index (χ0n) is 18.2. The lowest BCUT2D eigenvalue weighted by Crippen LogP contribution is -2.39. The summed E-state index contributed by atoms with van der Waals surface area (Å²) in [6, 6.07) is 5.59. The van der Waals surface area contributed by atoms with Gasteiger partial charge in [0.1, 0.15) is 23.1 Å². The van der Waals surface area contributed by atoms with Crippen LogP contribution in [0.1, 0.15) is 18.7 Å². The van der Waals surface area contributed by atoms with Crippen molar-refractivity contribution in [2.75, 3.05) is 40.0 Å². The van der Waals surface area contributed by atoms with E-state index >= 15 is 0 Å². The number of aromatic nitrogens is 5. The van der Waals surface area contributed by atoms with E-state index in [0.717, 1.165) is 31.4 Å². The standard InChI is InChI=1S/C22H23ClN6O4/c1-31-22(5-6-22)21-25-19(26-33-21)16-18-20(30)28(8-7-27-9-11-32-12-10-27)17-14(23)3-2-4-15(17)29(18)13-24-16/h2-4,13H,5-12H2,1H3. The minimum absolute atomic E-state index is 0.199. The number of morpholine rings is 1. The van der Waals surface area contributed by atoms with E-state index in [9.17, 15) is 4.79 Å². The summed E-state index contributed by atoms with van der Waals surface area (Å²) in [6.07, 6.45) is 3.26. The number of nitrogens with zero attached hydrogens (tertiary/aromatic N) is 6. The highest BCUT2D eigenvalue weighted by molar-refractivity contribution is 6.35. The van der Waals surface area contributed by atoms with Crippen LogP contribution in [0.4, 0.5) is 0 Å². The maximum Gasteiger partial charge on any atom is 0.277 e. The van der Waals surface area contributed by atoms with E-state index in [2.05, 4.69) is 20.0 Å². The zero-order valence-corrected chi connectivity index (χ0v) is 18.9. The molecule has 0 radical (unpaired) electrons. The van der Waals surface area contributed by atoms with E-state index in [1.807, 2.05) is 12.1 Å². The molecule has 33 heavy (non-hydrogen) atoms. The van der Waals surface area contributed by atoms with Crippen molar-refractivity contribution in [2.24, 2.45) is 0 Å². The molecule has 1 aromatic carbocycles. The molecule has 1 saturated heterocycles. The Hall–Kier alpha value is -2.79. The number of hydrogen-bond donors (Lipinski definition) is 0. The molecule has 3 aromatic heterocycles. The van der Waals surface area contributed by atoms with E-state index in [-0.39, 0.29) is 11.4 Å². The number of benzene rings is 1. The number of methoxy groups -OCH3 is 1. The normalized spacial score (nSPS) is 18.4. The molecule has 2 fully saturated rings. The summed E-state index contributed by atoms with van der Waals surface area (Å²) >= 11 is 6.58. The maximum absolute atomic E-state index is 13.8. The van der Waals surface area contributed by atoms with Gasteiger partial charge in [0.05, 0.1) is 29.3 Å². The molecule has 0 amide bonds. The van der Waals surface area contributed by atoms with Crippen LogP contribution in [0, 0.1) is 0 Å². The molecule has 1 aliphatic carbocycles. The third-order valence-electron chi connectivity index (χ3n) is 6.58. The molecule has 0 unspecified atom stereocenters. The van der Waals surface area contributed by atoms with Gasteiger partial charge in [0.2, 0.25) is 5.82 Å². The fourth-order valence-electron chi connectivity index (χ4n) is 4.50. The third kappa shape index (κ3) is 3.36. The summed E-state index contributed by atoms with van der Waals surface area (Å²) in [6.45, 7) is 4.29. The van der Waals surface area contributed by atoms with Crippen molar-refractivity contribution < 1.29 is 14.0 Å². The maximum atomic E-state index is 13.8. The molecular formula is C22H23ClN6O4. The zero-order chi connectivity index (χ0) is 22.6. The first-order chi connectivity index (χ1) is 16.1. The van der Waals surface area contributed by atoms with Crippen molar-refractivity contribution >= 4 is 28.2 Å². The molecule has 1 aliphatic heterocycles. The molecular weight excluding hydrogens is 448 g/mol. The Morgan fingerprint density at radius 3 is 2.76 bits per heavy atom. The smallest absolute Gasteiger partial charge is 0.277 e. The van der Waals surface area contributed by atoms with Crippen molar-refractivity contribution in [3.8, 4) is 11.5 Å². The molecule has 10 nitrogen and oxygen atoms in total. The van der Waals surface area contributed by atoms with E-state index < -0.39 is 5.60 Å². The van der Waals surface area contributed by atoms with E-state index in [0.29, 0.717) is 53.9 Å². The topological polar surface area (TPSA) is 99.9 Å². The summed E-state index contributed by atoms with van der Waals surface area (Å²) < 4.78 is 19.9. The number of rotatable bonds is 6. The van der Waals surface area contributed by atoms with Crippen molar-refractivity contribution in [1.82, 2.24) is 29.0 Å². The second-order valence-corrected chi connectivity index (χ2v) is 8.86. The van der Waals surface area contributed by atoms with Crippen LogP contribution in [0.5, 0.6) is 0 Å². The van der Waals surface area contributed by atoms with Crippen LogP contribution in [-0.2, 0) is 21.6 Å². The molecule has 4 heterocycles. The Balaban J connectivity index is 1.49. The van der Waals surface area contributed by atoms with Crippen LogP contribution < -0.4 is 5.56 Å². The van der Waals surface area contributed by atoms with Crippen molar-refractivity contribution in [2.45, 2.75) is 25.0 Å². The Morgan fingerprint density at radius 2 is 2.00 bits per heavy atom. The highest BCUT2D eigenvalue weighted by Crippen LogP contribution is 2.48. The predicted molar refractivity (Wildman–Crippen MR) is 120 cm³/mol. The summed E-state index contributed by atoms with van der Waals surface area (Å²) in [5.41, 5.74) is 1.52. The van der Waals surface area contributed by atoms with Gasteiger partial charge in [0, 0.05) is 33.3 Å². The molecule has 11 heteroatoms. The summed E-state index contributed by atoms with van der Waals surface area (Å²) in [4.78, 5) is 25.1. The van der Waals surface area contributed by atoms with Gasteiger partial charge in [-0.05, 0) is 25.0 Å². The quantitative estimate of drug-likeness (QED) is 0.423.